The lowest BCUT2D eigenvalue weighted by Crippen LogP contribution is -2.41. The summed E-state index contributed by atoms with van der Waals surface area (Å²) in [5.74, 6) is -0.805. The van der Waals surface area contributed by atoms with Crippen LogP contribution >= 0.6 is 11.6 Å². The average Bonchev–Trinajstić information content (AvgIpc) is 3.05. The van der Waals surface area contributed by atoms with E-state index in [0.29, 0.717) is 10.8 Å². The van der Waals surface area contributed by atoms with Crippen molar-refractivity contribution in [3.05, 3.63) is 52.9 Å². The molecule has 2 rings (SSSR count). The highest BCUT2D eigenvalue weighted by molar-refractivity contribution is 6.31. The number of furan rings is 1. The highest BCUT2D eigenvalue weighted by Crippen LogP contribution is 2.22. The highest BCUT2D eigenvalue weighted by Gasteiger charge is 2.13. The number of hydrogen-bond donors (Lipinski definition) is 3. The van der Waals surface area contributed by atoms with Gasteiger partial charge in [-0.1, -0.05) is 11.6 Å². The fourth-order valence-corrected chi connectivity index (χ4v) is 1.92. The van der Waals surface area contributed by atoms with E-state index in [1.54, 1.807) is 12.1 Å². The Labute approximate surface area is 141 Å². The van der Waals surface area contributed by atoms with E-state index in [2.05, 4.69) is 10.6 Å². The van der Waals surface area contributed by atoms with Gasteiger partial charge in [0.15, 0.2) is 6.61 Å². The van der Waals surface area contributed by atoms with Crippen molar-refractivity contribution in [1.82, 2.24) is 10.6 Å². The molecule has 0 saturated carbocycles. The van der Waals surface area contributed by atoms with Crippen LogP contribution in [0.1, 0.15) is 16.1 Å². The molecule has 0 atom stereocenters. The predicted octanol–water partition coefficient (Wildman–Crippen LogP) is 1.44. The smallest absolute Gasteiger partial charge is 0.321 e. The molecule has 0 saturated heterocycles. The molecule has 0 unspecified atom stereocenters. The molecule has 0 bridgehead atoms. The number of halogens is 1. The molecular formula is C15H14ClN3O5. The van der Waals surface area contributed by atoms with Crippen LogP contribution in [0.5, 0.6) is 5.75 Å². The number of nitrogens with one attached hydrogen (secondary N) is 2. The van der Waals surface area contributed by atoms with Gasteiger partial charge in [0.2, 0.25) is 0 Å². The van der Waals surface area contributed by atoms with Crippen molar-refractivity contribution in [3.8, 4) is 5.75 Å². The monoisotopic (exact) mass is 351 g/mol. The van der Waals surface area contributed by atoms with E-state index in [9.17, 15) is 14.4 Å². The Balaban J connectivity index is 1.82. The molecule has 9 heteroatoms. The fourth-order valence-electron chi connectivity index (χ4n) is 1.75. The summed E-state index contributed by atoms with van der Waals surface area (Å²) in [4.78, 5) is 34.5. The second-order valence-electron chi connectivity index (χ2n) is 4.60. The summed E-state index contributed by atoms with van der Waals surface area (Å²) >= 11 is 5.77. The third-order valence-corrected chi connectivity index (χ3v) is 3.06. The molecule has 126 valence electrons. The van der Waals surface area contributed by atoms with Gasteiger partial charge in [-0.25, -0.2) is 4.79 Å². The maximum absolute atomic E-state index is 11.7. The number of urea groups is 1. The Morgan fingerprint density at radius 3 is 2.71 bits per heavy atom. The van der Waals surface area contributed by atoms with Gasteiger partial charge in [0.05, 0.1) is 18.4 Å². The van der Waals surface area contributed by atoms with E-state index in [1.807, 2.05) is 0 Å². The van der Waals surface area contributed by atoms with E-state index < -0.39 is 24.5 Å². The summed E-state index contributed by atoms with van der Waals surface area (Å²) in [7, 11) is 0. The number of carbonyl (C=O) groups is 3. The van der Waals surface area contributed by atoms with Crippen molar-refractivity contribution < 1.29 is 23.5 Å². The first-order chi connectivity index (χ1) is 11.5. The van der Waals surface area contributed by atoms with Gasteiger partial charge in [-0.15, -0.1) is 0 Å². The van der Waals surface area contributed by atoms with Gasteiger partial charge in [-0.2, -0.15) is 0 Å². The van der Waals surface area contributed by atoms with Gasteiger partial charge >= 0.3 is 6.03 Å². The van der Waals surface area contributed by atoms with Gasteiger partial charge in [0, 0.05) is 5.02 Å². The topological polar surface area (TPSA) is 124 Å². The molecule has 1 heterocycles. The van der Waals surface area contributed by atoms with E-state index in [0.717, 1.165) is 0 Å². The quantitative estimate of drug-likeness (QED) is 0.726. The molecule has 0 spiro atoms. The second-order valence-corrected chi connectivity index (χ2v) is 5.04. The lowest BCUT2D eigenvalue weighted by molar-refractivity contribution is -0.122. The molecule has 0 aliphatic rings. The van der Waals surface area contributed by atoms with E-state index >= 15 is 0 Å². The molecule has 24 heavy (non-hydrogen) atoms. The van der Waals surface area contributed by atoms with E-state index in [-0.39, 0.29) is 17.9 Å². The highest BCUT2D eigenvalue weighted by atomic mass is 35.5. The summed E-state index contributed by atoms with van der Waals surface area (Å²) in [6, 6.07) is 6.87. The molecule has 8 nitrogen and oxygen atoms in total. The minimum atomic E-state index is -0.746. The standard InChI is InChI=1S/C15H14ClN3O5/c16-9-3-4-12(11(6-9)14(17)21)24-8-13(20)19-15(22)18-7-10-2-1-5-23-10/h1-6H,7-8H2,(H2,17,21)(H2,18,19,20,22). The second kappa shape index (κ2) is 8.02. The number of benzene rings is 1. The van der Waals surface area contributed by atoms with Gasteiger partial charge in [-0.05, 0) is 30.3 Å². The van der Waals surface area contributed by atoms with Gasteiger partial charge < -0.3 is 20.2 Å². The Morgan fingerprint density at radius 1 is 1.25 bits per heavy atom. The molecule has 4 amide bonds. The van der Waals surface area contributed by atoms with Gasteiger partial charge in [0.25, 0.3) is 11.8 Å². The average molecular weight is 352 g/mol. The number of carbonyl (C=O) groups excluding carboxylic acids is 3. The summed E-state index contributed by atoms with van der Waals surface area (Å²) < 4.78 is 10.2. The van der Waals surface area contributed by atoms with Crippen LogP contribution in [0.15, 0.2) is 41.0 Å². The molecule has 0 aliphatic heterocycles. The van der Waals surface area contributed by atoms with Crippen molar-refractivity contribution in [2.75, 3.05) is 6.61 Å². The maximum Gasteiger partial charge on any atom is 0.321 e. The van der Waals surface area contributed by atoms with Crippen LogP contribution in [0, 0.1) is 0 Å². The lowest BCUT2D eigenvalue weighted by Gasteiger charge is -2.10. The number of primary amides is 1. The van der Waals surface area contributed by atoms with E-state index in [4.69, 9.17) is 26.5 Å². The van der Waals surface area contributed by atoms with Crippen LogP contribution in [0.2, 0.25) is 5.02 Å². The summed E-state index contributed by atoms with van der Waals surface area (Å²) in [6.07, 6.45) is 1.47. The molecular weight excluding hydrogens is 338 g/mol. The molecule has 0 aliphatic carbocycles. The number of rotatable bonds is 6. The molecule has 4 N–H and O–H groups in total. The van der Waals surface area contributed by atoms with Crippen molar-refractivity contribution in [2.24, 2.45) is 5.73 Å². The minimum absolute atomic E-state index is 0.0394. The number of ether oxygens (including phenoxy) is 1. The van der Waals surface area contributed by atoms with Crippen LogP contribution in [-0.4, -0.2) is 24.5 Å². The number of hydrogen-bond acceptors (Lipinski definition) is 5. The molecule has 0 fully saturated rings. The maximum atomic E-state index is 11.7. The number of nitrogens with two attached hydrogens (primary N) is 1. The largest absolute Gasteiger partial charge is 0.483 e. The third-order valence-electron chi connectivity index (χ3n) is 2.82. The molecule has 0 radical (unpaired) electrons. The third kappa shape index (κ3) is 5.03. The number of amides is 4. The zero-order chi connectivity index (χ0) is 17.5. The first kappa shape index (κ1) is 17.4. The molecule has 1 aromatic heterocycles. The lowest BCUT2D eigenvalue weighted by atomic mass is 10.2. The SMILES string of the molecule is NC(=O)c1cc(Cl)ccc1OCC(=O)NC(=O)NCc1ccco1. The predicted molar refractivity (Wildman–Crippen MR) is 84.6 cm³/mol. The van der Waals surface area contributed by atoms with Crippen LogP contribution in [-0.2, 0) is 11.3 Å². The zero-order valence-corrected chi connectivity index (χ0v) is 13.1. The van der Waals surface area contributed by atoms with Crippen LogP contribution in [0.25, 0.3) is 0 Å². The molecule has 2 aromatic rings. The summed E-state index contributed by atoms with van der Waals surface area (Å²) in [5, 5.41) is 4.82. The van der Waals surface area contributed by atoms with Crippen molar-refractivity contribution in [2.45, 2.75) is 6.54 Å². The Hall–Kier alpha value is -3.00. The summed E-state index contributed by atoms with van der Waals surface area (Å²) in [5.41, 5.74) is 5.24. The van der Waals surface area contributed by atoms with Crippen molar-refractivity contribution in [3.63, 3.8) is 0 Å². The fraction of sp³-hybridized carbons (Fsp3) is 0.133. The van der Waals surface area contributed by atoms with Crippen LogP contribution in [0.3, 0.4) is 0 Å². The first-order valence-corrected chi connectivity index (χ1v) is 7.15. The van der Waals surface area contributed by atoms with E-state index in [1.165, 1.54) is 24.5 Å². The van der Waals surface area contributed by atoms with Gasteiger partial charge in [-0.3, -0.25) is 14.9 Å². The summed E-state index contributed by atoms with van der Waals surface area (Å²) in [6.45, 7) is -0.341. The first-order valence-electron chi connectivity index (χ1n) is 6.78. The van der Waals surface area contributed by atoms with Crippen molar-refractivity contribution >= 4 is 29.4 Å². The van der Waals surface area contributed by atoms with Gasteiger partial charge in [0.1, 0.15) is 11.5 Å². The number of imide groups is 1. The molecule has 1 aromatic carbocycles. The van der Waals surface area contributed by atoms with Crippen LogP contribution < -0.4 is 21.1 Å². The minimum Gasteiger partial charge on any atom is -0.483 e. The zero-order valence-electron chi connectivity index (χ0n) is 12.4. The Morgan fingerprint density at radius 2 is 2.04 bits per heavy atom. The Bertz CT molecular complexity index is 746. The van der Waals surface area contributed by atoms with Crippen LogP contribution in [0.4, 0.5) is 4.79 Å². The van der Waals surface area contributed by atoms with Crippen molar-refractivity contribution in [1.29, 1.82) is 0 Å². The Kier molecular flexibility index (Phi) is 5.80. The normalized spacial score (nSPS) is 10.0.